The summed E-state index contributed by atoms with van der Waals surface area (Å²) in [6.45, 7) is 0. The lowest BCUT2D eigenvalue weighted by molar-refractivity contribution is 0.988. The number of aromatic nitrogens is 3. The maximum atomic E-state index is 3.82. The lowest BCUT2D eigenvalue weighted by Gasteiger charge is -1.76. The summed E-state index contributed by atoms with van der Waals surface area (Å²) in [6, 6.07) is 5.65. The van der Waals surface area contributed by atoms with E-state index in [2.05, 4.69) is 37.8 Å². The Bertz CT molecular complexity index is 220. The van der Waals surface area contributed by atoms with Crippen molar-refractivity contribution in [2.45, 2.75) is 0 Å². The van der Waals surface area contributed by atoms with Crippen molar-refractivity contribution in [1.29, 1.82) is 0 Å². The highest BCUT2D eigenvalue weighted by Gasteiger charge is 1.72. The Labute approximate surface area is 72.4 Å². The predicted octanol–water partition coefficient (Wildman–Crippen LogP) is 1.53. The first kappa shape index (κ1) is 7.46. The molecule has 0 bridgehead atoms. The third-order valence-electron chi connectivity index (χ3n) is 0.822. The minimum absolute atomic E-state index is 0.968. The van der Waals surface area contributed by atoms with Crippen molar-refractivity contribution in [1.82, 2.24) is 15.2 Å². The number of halogens is 1. The molecule has 0 saturated heterocycles. The molecule has 1 aromatic rings. The molecule has 1 heterocycles. The molecular formula is C6H6IN3. The van der Waals surface area contributed by atoms with E-state index in [4.69, 9.17) is 0 Å². The van der Waals surface area contributed by atoms with Gasteiger partial charge in [0.05, 0.1) is 3.70 Å². The summed E-state index contributed by atoms with van der Waals surface area (Å²) in [7, 11) is 0. The number of H-pyrrole nitrogens is 1. The van der Waals surface area contributed by atoms with E-state index >= 15 is 0 Å². The molecule has 0 aliphatic rings. The van der Waals surface area contributed by atoms with Gasteiger partial charge < -0.3 is 0 Å². The van der Waals surface area contributed by atoms with E-state index in [-0.39, 0.29) is 0 Å². The number of nitrogens with one attached hydrogen (secondary N) is 1. The fraction of sp³-hybridized carbons (Fsp3) is 0. The smallest absolute Gasteiger partial charge is 0.135 e. The van der Waals surface area contributed by atoms with Gasteiger partial charge in [0.15, 0.2) is 0 Å². The third kappa shape index (κ3) is 2.77. The molecule has 3 nitrogen and oxygen atoms in total. The minimum Gasteiger partial charge on any atom is -0.271 e. The Balaban J connectivity index is 3.13. The standard InChI is InChI=1S/C6H6IN3/c7-6-3-1-2-4-8-5-9-10-6/h1-5,10H. The fourth-order valence-electron chi connectivity index (χ4n) is 0.439. The second-order valence-corrected chi connectivity index (χ2v) is 2.72. The molecule has 0 unspecified atom stereocenters. The number of hydrogen-bond donors (Lipinski definition) is 1. The second-order valence-electron chi connectivity index (χ2n) is 1.55. The molecule has 1 aromatic heterocycles. The van der Waals surface area contributed by atoms with Crippen LogP contribution in [0.25, 0.3) is 0 Å². The topological polar surface area (TPSA) is 41.6 Å². The van der Waals surface area contributed by atoms with Crippen LogP contribution in [0.3, 0.4) is 0 Å². The number of rotatable bonds is 0. The summed E-state index contributed by atoms with van der Waals surface area (Å²) in [5, 5.41) is 6.56. The summed E-state index contributed by atoms with van der Waals surface area (Å²) < 4.78 is 0.968. The van der Waals surface area contributed by atoms with Gasteiger partial charge in [-0.3, -0.25) is 5.10 Å². The normalized spacial score (nSPS) is 8.50. The Morgan fingerprint density at radius 2 is 2.30 bits per heavy atom. The first-order valence-electron chi connectivity index (χ1n) is 2.73. The van der Waals surface area contributed by atoms with Gasteiger partial charge in [0.2, 0.25) is 0 Å². The SMILES string of the molecule is Ic1ccccncn[nH]1. The molecule has 0 aromatic carbocycles. The quantitative estimate of drug-likeness (QED) is 0.706. The van der Waals surface area contributed by atoms with Crippen molar-refractivity contribution in [2.24, 2.45) is 0 Å². The van der Waals surface area contributed by atoms with Gasteiger partial charge in [0.25, 0.3) is 0 Å². The molecule has 0 saturated carbocycles. The highest BCUT2D eigenvalue weighted by atomic mass is 127. The summed E-state index contributed by atoms with van der Waals surface area (Å²) in [5.41, 5.74) is 0. The maximum absolute atomic E-state index is 3.82. The molecule has 1 N–H and O–H groups in total. The van der Waals surface area contributed by atoms with Gasteiger partial charge in [0.1, 0.15) is 6.33 Å². The average Bonchev–Trinajstić information content (AvgIpc) is 2.02. The van der Waals surface area contributed by atoms with Gasteiger partial charge in [-0.05, 0) is 34.7 Å². The number of hydrogen-bond acceptors (Lipinski definition) is 2. The van der Waals surface area contributed by atoms with E-state index in [0.29, 0.717) is 0 Å². The van der Waals surface area contributed by atoms with Gasteiger partial charge in [-0.2, -0.15) is 5.10 Å². The highest BCUT2D eigenvalue weighted by molar-refractivity contribution is 14.1. The van der Waals surface area contributed by atoms with Crippen LogP contribution in [0.4, 0.5) is 0 Å². The Kier molecular flexibility index (Phi) is 3.14. The van der Waals surface area contributed by atoms with Crippen LogP contribution < -0.4 is 0 Å². The molecule has 0 atom stereocenters. The molecular weight excluding hydrogens is 241 g/mol. The molecule has 0 aliphatic carbocycles. The minimum atomic E-state index is 0.968. The Morgan fingerprint density at radius 1 is 1.40 bits per heavy atom. The molecule has 4 heteroatoms. The van der Waals surface area contributed by atoms with E-state index in [9.17, 15) is 0 Å². The summed E-state index contributed by atoms with van der Waals surface area (Å²) in [6.07, 6.45) is 3.14. The van der Waals surface area contributed by atoms with E-state index in [1.807, 2.05) is 18.2 Å². The summed E-state index contributed by atoms with van der Waals surface area (Å²) in [5.74, 6) is 0. The first-order valence-corrected chi connectivity index (χ1v) is 3.80. The van der Waals surface area contributed by atoms with Crippen LogP contribution in [-0.4, -0.2) is 15.2 Å². The number of aromatic amines is 1. The Morgan fingerprint density at radius 3 is 3.20 bits per heavy atom. The molecule has 10 heavy (non-hydrogen) atoms. The zero-order valence-electron chi connectivity index (χ0n) is 5.16. The lowest BCUT2D eigenvalue weighted by Crippen LogP contribution is -1.75. The molecule has 0 aliphatic heterocycles. The van der Waals surface area contributed by atoms with Crippen LogP contribution in [0.1, 0.15) is 0 Å². The average molecular weight is 247 g/mol. The molecule has 0 spiro atoms. The fourth-order valence-corrected chi connectivity index (χ4v) is 0.786. The van der Waals surface area contributed by atoms with Crippen LogP contribution in [0.2, 0.25) is 0 Å². The van der Waals surface area contributed by atoms with Gasteiger partial charge in [-0.15, -0.1) is 0 Å². The van der Waals surface area contributed by atoms with Crippen molar-refractivity contribution in [3.63, 3.8) is 0 Å². The van der Waals surface area contributed by atoms with E-state index in [0.717, 1.165) is 3.70 Å². The van der Waals surface area contributed by atoms with Crippen molar-refractivity contribution < 1.29 is 0 Å². The van der Waals surface area contributed by atoms with Crippen molar-refractivity contribution in [2.75, 3.05) is 0 Å². The van der Waals surface area contributed by atoms with E-state index < -0.39 is 0 Å². The van der Waals surface area contributed by atoms with Gasteiger partial charge >= 0.3 is 0 Å². The zero-order chi connectivity index (χ0) is 7.23. The second kappa shape index (κ2) is 4.21. The van der Waals surface area contributed by atoms with Gasteiger partial charge in [0, 0.05) is 6.20 Å². The Hall–Kier alpha value is -0.650. The van der Waals surface area contributed by atoms with Crippen LogP contribution in [0, 0.1) is 3.70 Å². The van der Waals surface area contributed by atoms with Gasteiger partial charge in [-0.25, -0.2) is 4.98 Å². The molecule has 1 rings (SSSR count). The lowest BCUT2D eigenvalue weighted by atomic mass is 10.6. The molecule has 0 amide bonds. The predicted molar refractivity (Wildman–Crippen MR) is 46.7 cm³/mol. The molecule has 0 radical (unpaired) electrons. The monoisotopic (exact) mass is 247 g/mol. The largest absolute Gasteiger partial charge is 0.271 e. The van der Waals surface area contributed by atoms with Crippen molar-refractivity contribution >= 4 is 22.6 Å². The maximum Gasteiger partial charge on any atom is 0.135 e. The van der Waals surface area contributed by atoms with Crippen LogP contribution in [-0.2, 0) is 0 Å². The molecule has 52 valence electrons. The van der Waals surface area contributed by atoms with Crippen LogP contribution in [0.5, 0.6) is 0 Å². The zero-order valence-corrected chi connectivity index (χ0v) is 7.32. The summed E-state index contributed by atoms with van der Waals surface area (Å²) >= 11 is 2.15. The third-order valence-corrected chi connectivity index (χ3v) is 1.42. The van der Waals surface area contributed by atoms with Gasteiger partial charge in [-0.1, -0.05) is 6.07 Å². The van der Waals surface area contributed by atoms with E-state index in [1.165, 1.54) is 6.33 Å². The highest BCUT2D eigenvalue weighted by Crippen LogP contribution is 1.91. The molecule has 0 fully saturated rings. The summed E-state index contributed by atoms with van der Waals surface area (Å²) in [4.78, 5) is 3.82. The first-order chi connectivity index (χ1) is 4.89. The van der Waals surface area contributed by atoms with E-state index in [1.54, 1.807) is 6.20 Å². The van der Waals surface area contributed by atoms with Crippen LogP contribution in [0.15, 0.2) is 30.7 Å². The number of nitrogens with zero attached hydrogens (tertiary/aromatic N) is 2. The van der Waals surface area contributed by atoms with Crippen molar-refractivity contribution in [3.8, 4) is 0 Å². The van der Waals surface area contributed by atoms with Crippen LogP contribution >= 0.6 is 22.6 Å². The van der Waals surface area contributed by atoms with Crippen molar-refractivity contribution in [3.05, 3.63) is 34.4 Å².